The van der Waals surface area contributed by atoms with E-state index < -0.39 is 0 Å². The molecule has 2 fully saturated rings. The van der Waals surface area contributed by atoms with Gasteiger partial charge in [0.05, 0.1) is 5.57 Å². The standard InChI is InChI=1S/C16H28N4O.H2/c1-10(2)20-8-11(3)15(9-20)19-16(21)13(7-17)6-14(18)12-4-5-12;/h6-7,10-12,15H,4-5,8-9,17-18H2,1-3H3,(H,19,21);1H/b13-7+,14-6-;/t11-,15-;/m1./s1. The molecular weight excluding hydrogens is 264 g/mol. The van der Waals surface area contributed by atoms with Gasteiger partial charge in [0.15, 0.2) is 0 Å². The number of rotatable bonds is 5. The molecule has 0 radical (unpaired) electrons. The summed E-state index contributed by atoms with van der Waals surface area (Å²) in [7, 11) is 0. The lowest BCUT2D eigenvalue weighted by molar-refractivity contribution is -0.118. The average Bonchev–Trinajstić information content (AvgIpc) is 3.21. The third-order valence-corrected chi connectivity index (χ3v) is 4.50. The molecule has 0 aromatic carbocycles. The van der Waals surface area contributed by atoms with Gasteiger partial charge in [-0.15, -0.1) is 0 Å². The fourth-order valence-electron chi connectivity index (χ4n) is 2.77. The molecule has 1 aliphatic carbocycles. The van der Waals surface area contributed by atoms with Gasteiger partial charge < -0.3 is 16.8 Å². The topological polar surface area (TPSA) is 84.4 Å². The summed E-state index contributed by atoms with van der Waals surface area (Å²) in [6.07, 6.45) is 5.31. The zero-order chi connectivity index (χ0) is 15.6. The Labute approximate surface area is 128 Å². The monoisotopic (exact) mass is 294 g/mol. The summed E-state index contributed by atoms with van der Waals surface area (Å²) in [5, 5.41) is 3.10. The molecule has 1 saturated heterocycles. The summed E-state index contributed by atoms with van der Waals surface area (Å²) in [5.74, 6) is 0.762. The number of nitrogens with two attached hydrogens (primary N) is 2. The summed E-state index contributed by atoms with van der Waals surface area (Å²) in [6, 6.07) is 0.676. The number of amides is 1. The quantitative estimate of drug-likeness (QED) is 0.525. The Morgan fingerprint density at radius 2 is 2.05 bits per heavy atom. The van der Waals surface area contributed by atoms with Crippen molar-refractivity contribution >= 4 is 5.91 Å². The van der Waals surface area contributed by atoms with Crippen molar-refractivity contribution in [2.45, 2.75) is 45.7 Å². The fraction of sp³-hybridized carbons (Fsp3) is 0.688. The van der Waals surface area contributed by atoms with Gasteiger partial charge in [0.2, 0.25) is 0 Å². The molecule has 0 spiro atoms. The molecule has 0 bridgehead atoms. The predicted octanol–water partition coefficient (Wildman–Crippen LogP) is 1.17. The molecule has 5 nitrogen and oxygen atoms in total. The van der Waals surface area contributed by atoms with E-state index in [0.717, 1.165) is 31.6 Å². The summed E-state index contributed by atoms with van der Waals surface area (Å²) in [5.41, 5.74) is 12.8. The van der Waals surface area contributed by atoms with Crippen molar-refractivity contribution in [1.29, 1.82) is 0 Å². The predicted molar refractivity (Wildman–Crippen MR) is 87.2 cm³/mol. The first kappa shape index (κ1) is 15.9. The maximum atomic E-state index is 12.4. The largest absolute Gasteiger partial charge is 0.404 e. The maximum Gasteiger partial charge on any atom is 0.253 e. The van der Waals surface area contributed by atoms with Crippen LogP contribution in [0.1, 0.15) is 35.0 Å². The summed E-state index contributed by atoms with van der Waals surface area (Å²) >= 11 is 0. The Bertz CT molecular complexity index is 457. The Hall–Kier alpha value is -1.49. The summed E-state index contributed by atoms with van der Waals surface area (Å²) in [6.45, 7) is 8.45. The number of allylic oxidation sites excluding steroid dienone is 1. The first-order valence-electron chi connectivity index (χ1n) is 7.86. The molecule has 1 heterocycles. The minimum Gasteiger partial charge on any atom is -0.404 e. The molecule has 5 heteroatoms. The van der Waals surface area contributed by atoms with Crippen LogP contribution in [0.5, 0.6) is 0 Å². The normalized spacial score (nSPS) is 28.2. The Morgan fingerprint density at radius 1 is 1.38 bits per heavy atom. The maximum absolute atomic E-state index is 12.4. The SMILES string of the molecule is CC(C)N1C[C@@H](C)[C@H](NC(=O)C(/C=C(\N)C2CC2)=C/N)C1.[HH]. The minimum atomic E-state index is -0.122. The van der Waals surface area contributed by atoms with E-state index in [0.29, 0.717) is 23.5 Å². The van der Waals surface area contributed by atoms with E-state index in [9.17, 15) is 4.79 Å². The molecule has 1 aliphatic heterocycles. The van der Waals surface area contributed by atoms with Crippen molar-refractivity contribution in [3.8, 4) is 0 Å². The molecule has 0 aromatic heterocycles. The highest BCUT2D eigenvalue weighted by Crippen LogP contribution is 2.34. The van der Waals surface area contributed by atoms with E-state index in [1.165, 1.54) is 6.20 Å². The van der Waals surface area contributed by atoms with Crippen LogP contribution in [0.3, 0.4) is 0 Å². The Kier molecular flexibility index (Phi) is 4.93. The van der Waals surface area contributed by atoms with Crippen LogP contribution in [0.4, 0.5) is 0 Å². The summed E-state index contributed by atoms with van der Waals surface area (Å²) < 4.78 is 0. The van der Waals surface area contributed by atoms with Gasteiger partial charge in [0.25, 0.3) is 5.91 Å². The summed E-state index contributed by atoms with van der Waals surface area (Å²) in [4.78, 5) is 14.7. The Morgan fingerprint density at radius 3 is 2.52 bits per heavy atom. The van der Waals surface area contributed by atoms with E-state index in [-0.39, 0.29) is 13.4 Å². The third-order valence-electron chi connectivity index (χ3n) is 4.50. The number of carbonyl (C=O) groups excluding carboxylic acids is 1. The molecule has 0 unspecified atom stereocenters. The van der Waals surface area contributed by atoms with Crippen molar-refractivity contribution < 1.29 is 6.22 Å². The molecule has 2 atom stereocenters. The van der Waals surface area contributed by atoms with E-state index in [4.69, 9.17) is 11.5 Å². The van der Waals surface area contributed by atoms with Crippen LogP contribution in [0.2, 0.25) is 0 Å². The molecule has 0 aromatic rings. The lowest BCUT2D eigenvalue weighted by Crippen LogP contribution is -2.41. The molecule has 2 aliphatic rings. The van der Waals surface area contributed by atoms with Gasteiger partial charge in [-0.1, -0.05) is 6.92 Å². The third kappa shape index (κ3) is 4.00. The van der Waals surface area contributed by atoms with Gasteiger partial charge in [-0.25, -0.2) is 0 Å². The van der Waals surface area contributed by atoms with Crippen LogP contribution >= 0.6 is 0 Å². The lowest BCUT2D eigenvalue weighted by atomic mass is 10.1. The van der Waals surface area contributed by atoms with E-state index in [2.05, 4.69) is 31.0 Å². The van der Waals surface area contributed by atoms with Crippen molar-refractivity contribution in [3.63, 3.8) is 0 Å². The van der Waals surface area contributed by atoms with Gasteiger partial charge in [0, 0.05) is 38.5 Å². The van der Waals surface area contributed by atoms with Crippen LogP contribution < -0.4 is 16.8 Å². The number of hydrogen-bond acceptors (Lipinski definition) is 4. The van der Waals surface area contributed by atoms with E-state index >= 15 is 0 Å². The molecule has 120 valence electrons. The number of carbonyl (C=O) groups is 1. The molecule has 1 saturated carbocycles. The number of hydrogen-bond donors (Lipinski definition) is 3. The molecule has 5 N–H and O–H groups in total. The van der Waals surface area contributed by atoms with Crippen LogP contribution in [-0.2, 0) is 4.79 Å². The zero-order valence-electron chi connectivity index (χ0n) is 13.3. The van der Waals surface area contributed by atoms with Gasteiger partial charge >= 0.3 is 0 Å². The number of likely N-dealkylation sites (tertiary alicyclic amines) is 1. The fourth-order valence-corrected chi connectivity index (χ4v) is 2.77. The van der Waals surface area contributed by atoms with Crippen molar-refractivity contribution in [1.82, 2.24) is 10.2 Å². The number of nitrogens with zero attached hydrogens (tertiary/aromatic N) is 1. The van der Waals surface area contributed by atoms with Crippen LogP contribution in [-0.4, -0.2) is 36.0 Å². The molecule has 1 amide bonds. The van der Waals surface area contributed by atoms with E-state index in [1.807, 2.05) is 0 Å². The van der Waals surface area contributed by atoms with Gasteiger partial charge in [0.1, 0.15) is 0 Å². The first-order valence-corrected chi connectivity index (χ1v) is 7.86. The second kappa shape index (κ2) is 6.52. The zero-order valence-corrected chi connectivity index (χ0v) is 13.3. The highest BCUT2D eigenvalue weighted by molar-refractivity contribution is 5.96. The highest BCUT2D eigenvalue weighted by Gasteiger charge is 2.32. The van der Waals surface area contributed by atoms with Gasteiger partial charge in [-0.05, 0) is 44.6 Å². The highest BCUT2D eigenvalue weighted by atomic mass is 16.1. The average molecular weight is 294 g/mol. The smallest absolute Gasteiger partial charge is 0.253 e. The van der Waals surface area contributed by atoms with Crippen LogP contribution in [0.25, 0.3) is 0 Å². The molecular formula is C16H30N4O. The lowest BCUT2D eigenvalue weighted by Gasteiger charge is -2.20. The Balaban J connectivity index is 0.00000242. The first-order chi connectivity index (χ1) is 9.92. The van der Waals surface area contributed by atoms with Crippen LogP contribution in [0, 0.1) is 11.8 Å². The van der Waals surface area contributed by atoms with Gasteiger partial charge in [-0.2, -0.15) is 0 Å². The van der Waals surface area contributed by atoms with E-state index in [1.54, 1.807) is 6.08 Å². The molecule has 2 rings (SSSR count). The van der Waals surface area contributed by atoms with Crippen molar-refractivity contribution in [2.24, 2.45) is 23.3 Å². The number of nitrogens with one attached hydrogen (secondary N) is 1. The second-order valence-electron chi connectivity index (χ2n) is 6.65. The second-order valence-corrected chi connectivity index (χ2v) is 6.65. The van der Waals surface area contributed by atoms with Crippen LogP contribution in [0.15, 0.2) is 23.5 Å². The van der Waals surface area contributed by atoms with Gasteiger partial charge in [-0.3, -0.25) is 9.69 Å². The van der Waals surface area contributed by atoms with Crippen molar-refractivity contribution in [3.05, 3.63) is 23.5 Å². The van der Waals surface area contributed by atoms with Crippen molar-refractivity contribution in [2.75, 3.05) is 13.1 Å². The molecule has 21 heavy (non-hydrogen) atoms. The minimum absolute atomic E-state index is 0.